The Kier molecular flexibility index (Phi) is 5.76. The van der Waals surface area contributed by atoms with E-state index in [1.54, 1.807) is 0 Å². The highest BCUT2D eigenvalue weighted by molar-refractivity contribution is 5.91. The maximum absolute atomic E-state index is 12.4. The summed E-state index contributed by atoms with van der Waals surface area (Å²) >= 11 is 0. The fourth-order valence-electron chi connectivity index (χ4n) is 3.33. The van der Waals surface area contributed by atoms with Crippen LogP contribution in [0.15, 0.2) is 0 Å². The molecule has 0 unspecified atom stereocenters. The average Bonchev–Trinajstić information content (AvgIpc) is 3.02. The summed E-state index contributed by atoms with van der Waals surface area (Å²) in [4.78, 5) is 37.0. The van der Waals surface area contributed by atoms with E-state index in [1.165, 1.54) is 4.90 Å². The van der Waals surface area contributed by atoms with Crippen molar-refractivity contribution < 1.29 is 24.6 Å². The minimum Gasteiger partial charge on any atom is -0.480 e. The Labute approximate surface area is 129 Å². The Morgan fingerprint density at radius 1 is 1.09 bits per heavy atom. The first-order valence-electron chi connectivity index (χ1n) is 7.99. The number of carboxylic acids is 1. The molecule has 2 fully saturated rings. The van der Waals surface area contributed by atoms with Crippen LogP contribution in [0.2, 0.25) is 0 Å². The van der Waals surface area contributed by atoms with Crippen LogP contribution in [0.5, 0.6) is 0 Å². The average molecular weight is 312 g/mol. The number of amides is 2. The predicted octanol–water partition coefficient (Wildman–Crippen LogP) is 0.119. The van der Waals surface area contributed by atoms with Gasteiger partial charge in [0.25, 0.3) is 0 Å². The third-order valence-electron chi connectivity index (χ3n) is 4.59. The van der Waals surface area contributed by atoms with Crippen molar-refractivity contribution in [2.45, 2.75) is 57.0 Å². The van der Waals surface area contributed by atoms with Crippen molar-refractivity contribution in [1.82, 2.24) is 10.2 Å². The van der Waals surface area contributed by atoms with E-state index in [0.29, 0.717) is 19.4 Å². The van der Waals surface area contributed by atoms with Crippen molar-refractivity contribution in [3.8, 4) is 0 Å². The molecular formula is C15H24N2O5. The molecule has 1 aliphatic heterocycles. The van der Waals surface area contributed by atoms with Gasteiger partial charge in [-0.3, -0.25) is 9.59 Å². The molecule has 124 valence electrons. The third kappa shape index (κ3) is 3.76. The zero-order valence-electron chi connectivity index (χ0n) is 12.7. The minimum absolute atomic E-state index is 0.107. The van der Waals surface area contributed by atoms with Crippen LogP contribution in [0.1, 0.15) is 44.9 Å². The van der Waals surface area contributed by atoms with Gasteiger partial charge in [0, 0.05) is 12.5 Å². The van der Waals surface area contributed by atoms with E-state index in [4.69, 9.17) is 5.11 Å². The Balaban J connectivity index is 1.96. The quantitative estimate of drug-likeness (QED) is 0.668. The van der Waals surface area contributed by atoms with Crippen molar-refractivity contribution in [1.29, 1.82) is 0 Å². The molecular weight excluding hydrogens is 288 g/mol. The summed E-state index contributed by atoms with van der Waals surface area (Å²) in [5.41, 5.74) is 0. The van der Waals surface area contributed by atoms with E-state index in [9.17, 15) is 19.5 Å². The van der Waals surface area contributed by atoms with Gasteiger partial charge in [0.2, 0.25) is 11.8 Å². The van der Waals surface area contributed by atoms with Gasteiger partial charge in [0.05, 0.1) is 6.61 Å². The lowest BCUT2D eigenvalue weighted by Crippen LogP contribution is -2.54. The molecule has 7 nitrogen and oxygen atoms in total. The lowest BCUT2D eigenvalue weighted by atomic mass is 9.88. The fraction of sp³-hybridized carbons (Fsp3) is 0.800. The maximum Gasteiger partial charge on any atom is 0.326 e. The SMILES string of the molecule is O=C(N[C@@H](CO)C(=O)N1CCC[C@H]1C(=O)O)C1CCCCC1. The van der Waals surface area contributed by atoms with E-state index in [1.807, 2.05) is 0 Å². The molecule has 0 radical (unpaired) electrons. The maximum atomic E-state index is 12.4. The molecule has 2 rings (SSSR count). The van der Waals surface area contributed by atoms with Crippen molar-refractivity contribution in [2.75, 3.05) is 13.2 Å². The second-order valence-corrected chi connectivity index (χ2v) is 6.11. The van der Waals surface area contributed by atoms with Crippen molar-refractivity contribution >= 4 is 17.8 Å². The largest absolute Gasteiger partial charge is 0.480 e. The number of hydrogen-bond donors (Lipinski definition) is 3. The zero-order chi connectivity index (χ0) is 16.1. The molecule has 1 aliphatic carbocycles. The van der Waals surface area contributed by atoms with Crippen LogP contribution in [0.4, 0.5) is 0 Å². The first-order chi connectivity index (χ1) is 10.5. The number of aliphatic hydroxyl groups is 1. The molecule has 1 heterocycles. The molecule has 3 N–H and O–H groups in total. The van der Waals surface area contributed by atoms with Gasteiger partial charge in [-0.25, -0.2) is 4.79 Å². The fourth-order valence-corrected chi connectivity index (χ4v) is 3.33. The Morgan fingerprint density at radius 2 is 1.77 bits per heavy atom. The first-order valence-corrected chi connectivity index (χ1v) is 7.99. The molecule has 0 aromatic carbocycles. The van der Waals surface area contributed by atoms with Crippen LogP contribution in [0, 0.1) is 5.92 Å². The number of aliphatic hydroxyl groups excluding tert-OH is 1. The molecule has 0 aromatic rings. The highest BCUT2D eigenvalue weighted by Crippen LogP contribution is 2.24. The van der Waals surface area contributed by atoms with Crippen molar-refractivity contribution in [2.24, 2.45) is 5.92 Å². The normalized spacial score (nSPS) is 24.0. The number of carbonyl (C=O) groups is 3. The number of carbonyl (C=O) groups excluding carboxylic acids is 2. The van der Waals surface area contributed by atoms with Gasteiger partial charge in [-0.05, 0) is 25.7 Å². The predicted molar refractivity (Wildman–Crippen MR) is 78.0 cm³/mol. The summed E-state index contributed by atoms with van der Waals surface area (Å²) in [5.74, 6) is -1.86. The van der Waals surface area contributed by atoms with Crippen LogP contribution < -0.4 is 5.32 Å². The van der Waals surface area contributed by atoms with Crippen LogP contribution >= 0.6 is 0 Å². The molecule has 0 spiro atoms. The van der Waals surface area contributed by atoms with Crippen molar-refractivity contribution in [3.05, 3.63) is 0 Å². The number of rotatable bonds is 5. The van der Waals surface area contributed by atoms with E-state index < -0.39 is 30.6 Å². The van der Waals surface area contributed by atoms with Gasteiger partial charge >= 0.3 is 5.97 Å². The molecule has 7 heteroatoms. The van der Waals surface area contributed by atoms with E-state index >= 15 is 0 Å². The highest BCUT2D eigenvalue weighted by atomic mass is 16.4. The highest BCUT2D eigenvalue weighted by Gasteiger charge is 2.38. The summed E-state index contributed by atoms with van der Waals surface area (Å²) < 4.78 is 0. The number of likely N-dealkylation sites (tertiary alicyclic amines) is 1. The van der Waals surface area contributed by atoms with Gasteiger partial charge in [0.15, 0.2) is 0 Å². The zero-order valence-corrected chi connectivity index (χ0v) is 12.7. The Morgan fingerprint density at radius 3 is 2.36 bits per heavy atom. The lowest BCUT2D eigenvalue weighted by molar-refractivity contribution is -0.150. The van der Waals surface area contributed by atoms with Crippen LogP contribution in [0.3, 0.4) is 0 Å². The second-order valence-electron chi connectivity index (χ2n) is 6.11. The second kappa shape index (κ2) is 7.58. The number of carboxylic acid groups (broad SMARTS) is 1. The summed E-state index contributed by atoms with van der Waals surface area (Å²) in [5, 5.41) is 21.1. The molecule has 2 aliphatic rings. The number of nitrogens with zero attached hydrogens (tertiary/aromatic N) is 1. The summed E-state index contributed by atoms with van der Waals surface area (Å²) in [6.07, 6.45) is 5.78. The molecule has 22 heavy (non-hydrogen) atoms. The first kappa shape index (κ1) is 16.7. The van der Waals surface area contributed by atoms with E-state index in [-0.39, 0.29) is 11.8 Å². The molecule has 1 saturated carbocycles. The molecule has 1 saturated heterocycles. The third-order valence-corrected chi connectivity index (χ3v) is 4.59. The Hall–Kier alpha value is -1.63. The molecule has 0 aromatic heterocycles. The van der Waals surface area contributed by atoms with Gasteiger partial charge in [0.1, 0.15) is 12.1 Å². The summed E-state index contributed by atoms with van der Waals surface area (Å²) in [6, 6.07) is -1.90. The number of hydrogen-bond acceptors (Lipinski definition) is 4. The molecule has 2 atom stereocenters. The minimum atomic E-state index is -1.05. The van der Waals surface area contributed by atoms with Crippen LogP contribution in [0.25, 0.3) is 0 Å². The van der Waals surface area contributed by atoms with Gasteiger partial charge in [-0.15, -0.1) is 0 Å². The lowest BCUT2D eigenvalue weighted by Gasteiger charge is -2.28. The van der Waals surface area contributed by atoms with Crippen molar-refractivity contribution in [3.63, 3.8) is 0 Å². The van der Waals surface area contributed by atoms with Crippen LogP contribution in [-0.4, -0.2) is 58.1 Å². The molecule has 2 amide bonds. The van der Waals surface area contributed by atoms with E-state index in [2.05, 4.69) is 5.32 Å². The van der Waals surface area contributed by atoms with Gasteiger partial charge in [-0.1, -0.05) is 19.3 Å². The van der Waals surface area contributed by atoms with Crippen LogP contribution in [-0.2, 0) is 14.4 Å². The van der Waals surface area contributed by atoms with Gasteiger partial charge < -0.3 is 20.4 Å². The standard InChI is InChI=1S/C15H24N2O5/c18-9-11(16-13(19)10-5-2-1-3-6-10)14(20)17-8-4-7-12(17)15(21)22/h10-12,18H,1-9H2,(H,16,19)(H,21,22)/t11-,12-/m0/s1. The smallest absolute Gasteiger partial charge is 0.326 e. The summed E-state index contributed by atoms with van der Waals surface area (Å²) in [7, 11) is 0. The van der Waals surface area contributed by atoms with Gasteiger partial charge in [-0.2, -0.15) is 0 Å². The number of aliphatic carboxylic acids is 1. The Bertz CT molecular complexity index is 434. The molecule has 0 bridgehead atoms. The summed E-state index contributed by atoms with van der Waals surface area (Å²) in [6.45, 7) is -0.161. The number of nitrogens with one attached hydrogen (secondary N) is 1. The van der Waals surface area contributed by atoms with E-state index in [0.717, 1.165) is 32.1 Å². The monoisotopic (exact) mass is 312 g/mol. The topological polar surface area (TPSA) is 107 Å².